The van der Waals surface area contributed by atoms with Crippen LogP contribution < -0.4 is 11.1 Å². The Bertz CT molecular complexity index is 506. The largest absolute Gasteiger partial charge is 0.398 e. The summed E-state index contributed by atoms with van der Waals surface area (Å²) in [6.45, 7) is 1.91. The molecule has 0 aliphatic heterocycles. The van der Waals surface area contributed by atoms with Gasteiger partial charge in [0.25, 0.3) is 0 Å². The summed E-state index contributed by atoms with van der Waals surface area (Å²) >= 11 is 11.8. The Labute approximate surface area is 110 Å². The molecule has 0 aliphatic carbocycles. The summed E-state index contributed by atoms with van der Waals surface area (Å²) in [5, 5.41) is 4.12. The lowest BCUT2D eigenvalue weighted by Crippen LogP contribution is -1.97. The summed E-state index contributed by atoms with van der Waals surface area (Å²) in [5.41, 5.74) is 8.26. The van der Waals surface area contributed by atoms with Crippen molar-refractivity contribution in [3.05, 3.63) is 46.1 Å². The molecule has 88 valence electrons. The molecule has 1 aromatic heterocycles. The number of hydrogen-bond acceptors (Lipinski definition) is 3. The van der Waals surface area contributed by atoms with E-state index in [0.717, 1.165) is 11.3 Å². The average molecular weight is 268 g/mol. The molecule has 1 heterocycles. The van der Waals surface area contributed by atoms with E-state index >= 15 is 0 Å². The number of nitrogen functional groups attached to an aromatic ring is 1. The van der Waals surface area contributed by atoms with Crippen LogP contribution in [0, 0.1) is 6.92 Å². The first-order valence-corrected chi connectivity index (χ1v) is 5.76. The van der Waals surface area contributed by atoms with Crippen LogP contribution in [-0.2, 0) is 0 Å². The van der Waals surface area contributed by atoms with Gasteiger partial charge in [-0.1, -0.05) is 23.2 Å². The van der Waals surface area contributed by atoms with Gasteiger partial charge >= 0.3 is 0 Å². The highest BCUT2D eigenvalue weighted by atomic mass is 35.5. The normalized spacial score (nSPS) is 10.3. The van der Waals surface area contributed by atoms with Gasteiger partial charge in [0.15, 0.2) is 0 Å². The van der Waals surface area contributed by atoms with Crippen molar-refractivity contribution < 1.29 is 0 Å². The van der Waals surface area contributed by atoms with E-state index < -0.39 is 0 Å². The predicted octanol–water partition coefficient (Wildman–Crippen LogP) is 4.02. The molecule has 0 bridgehead atoms. The van der Waals surface area contributed by atoms with Crippen molar-refractivity contribution in [3.63, 3.8) is 0 Å². The number of pyridine rings is 1. The minimum Gasteiger partial charge on any atom is -0.398 e. The Hall–Kier alpha value is -1.45. The summed E-state index contributed by atoms with van der Waals surface area (Å²) in [4.78, 5) is 4.22. The molecule has 0 fully saturated rings. The minimum absolute atomic E-state index is 0.497. The molecule has 0 atom stereocenters. The molecule has 3 N–H and O–H groups in total. The van der Waals surface area contributed by atoms with E-state index in [1.54, 1.807) is 24.4 Å². The third-order valence-corrected chi connectivity index (χ3v) is 3.08. The van der Waals surface area contributed by atoms with Gasteiger partial charge in [0.05, 0.1) is 10.0 Å². The maximum Gasteiger partial charge on any atom is 0.132 e. The van der Waals surface area contributed by atoms with E-state index in [1.807, 2.05) is 13.0 Å². The Morgan fingerprint density at radius 1 is 1.18 bits per heavy atom. The lowest BCUT2D eigenvalue weighted by atomic mass is 10.2. The topological polar surface area (TPSA) is 50.9 Å². The number of hydrogen-bond donors (Lipinski definition) is 2. The second-order valence-corrected chi connectivity index (χ2v) is 4.49. The van der Waals surface area contributed by atoms with Gasteiger partial charge in [-0.15, -0.1) is 0 Å². The molecule has 2 aromatic rings. The Morgan fingerprint density at radius 2 is 1.94 bits per heavy atom. The fourth-order valence-electron chi connectivity index (χ4n) is 1.33. The van der Waals surface area contributed by atoms with Crippen LogP contribution in [0.5, 0.6) is 0 Å². The van der Waals surface area contributed by atoms with Crippen LogP contribution in [0.15, 0.2) is 30.5 Å². The molecule has 0 unspecified atom stereocenters. The maximum absolute atomic E-state index is 5.92. The summed E-state index contributed by atoms with van der Waals surface area (Å²) in [5.74, 6) is 0.673. The summed E-state index contributed by atoms with van der Waals surface area (Å²) in [6, 6.07) is 7.06. The van der Waals surface area contributed by atoms with Crippen molar-refractivity contribution in [2.45, 2.75) is 6.92 Å². The van der Waals surface area contributed by atoms with Gasteiger partial charge in [0.1, 0.15) is 5.82 Å². The van der Waals surface area contributed by atoms with Crippen molar-refractivity contribution in [2.24, 2.45) is 0 Å². The van der Waals surface area contributed by atoms with E-state index in [0.29, 0.717) is 21.6 Å². The average Bonchev–Trinajstić information content (AvgIpc) is 2.29. The smallest absolute Gasteiger partial charge is 0.132 e. The number of nitrogens with one attached hydrogen (secondary N) is 1. The molecule has 3 nitrogen and oxygen atoms in total. The van der Waals surface area contributed by atoms with Gasteiger partial charge in [-0.05, 0) is 30.7 Å². The highest BCUT2D eigenvalue weighted by Crippen LogP contribution is 2.27. The predicted molar refractivity (Wildman–Crippen MR) is 73.1 cm³/mol. The van der Waals surface area contributed by atoms with Gasteiger partial charge < -0.3 is 11.1 Å². The SMILES string of the molecule is Cc1cnc(Nc2ccc(Cl)c(Cl)c2)cc1N. The first-order valence-electron chi connectivity index (χ1n) is 5.00. The van der Waals surface area contributed by atoms with Gasteiger partial charge in [-0.2, -0.15) is 0 Å². The van der Waals surface area contributed by atoms with Gasteiger partial charge in [-0.3, -0.25) is 0 Å². The number of nitrogens with two attached hydrogens (primary N) is 1. The van der Waals surface area contributed by atoms with E-state index in [-0.39, 0.29) is 0 Å². The van der Waals surface area contributed by atoms with Crippen LogP contribution in [0.4, 0.5) is 17.2 Å². The minimum atomic E-state index is 0.497. The third-order valence-electron chi connectivity index (χ3n) is 2.34. The third kappa shape index (κ3) is 2.81. The lowest BCUT2D eigenvalue weighted by molar-refractivity contribution is 1.26. The number of anilines is 3. The summed E-state index contributed by atoms with van der Waals surface area (Å²) in [6.07, 6.45) is 1.72. The number of aryl methyl sites for hydroxylation is 1. The molecule has 0 radical (unpaired) electrons. The molecule has 2 rings (SSSR count). The molecule has 5 heteroatoms. The Balaban J connectivity index is 2.25. The van der Waals surface area contributed by atoms with Crippen LogP contribution in [0.25, 0.3) is 0 Å². The van der Waals surface area contributed by atoms with Gasteiger partial charge in [0, 0.05) is 23.6 Å². The molecule has 17 heavy (non-hydrogen) atoms. The molecule has 0 amide bonds. The summed E-state index contributed by atoms with van der Waals surface area (Å²) < 4.78 is 0. The van der Waals surface area contributed by atoms with E-state index in [4.69, 9.17) is 28.9 Å². The summed E-state index contributed by atoms with van der Waals surface area (Å²) in [7, 11) is 0. The number of halogens is 2. The molecule has 0 saturated heterocycles. The van der Waals surface area contributed by atoms with Crippen molar-refractivity contribution in [3.8, 4) is 0 Å². The van der Waals surface area contributed by atoms with Gasteiger partial charge in [0.2, 0.25) is 0 Å². The number of aromatic nitrogens is 1. The van der Waals surface area contributed by atoms with Crippen molar-refractivity contribution >= 4 is 40.4 Å². The molecular formula is C12H11Cl2N3. The van der Waals surface area contributed by atoms with Gasteiger partial charge in [-0.25, -0.2) is 4.98 Å². The Kier molecular flexibility index (Phi) is 3.41. The van der Waals surface area contributed by atoms with Crippen LogP contribution in [0.1, 0.15) is 5.56 Å². The van der Waals surface area contributed by atoms with Crippen LogP contribution in [0.2, 0.25) is 10.0 Å². The zero-order valence-corrected chi connectivity index (χ0v) is 10.7. The first kappa shape index (κ1) is 12.0. The quantitative estimate of drug-likeness (QED) is 0.864. The zero-order valence-electron chi connectivity index (χ0n) is 9.17. The van der Waals surface area contributed by atoms with Crippen molar-refractivity contribution in [1.82, 2.24) is 4.98 Å². The molecular weight excluding hydrogens is 257 g/mol. The van der Waals surface area contributed by atoms with E-state index in [1.165, 1.54) is 0 Å². The zero-order chi connectivity index (χ0) is 12.4. The number of rotatable bonds is 2. The number of benzene rings is 1. The standard InChI is InChI=1S/C12H11Cl2N3/c1-7-6-16-12(5-11(7)15)17-8-2-3-9(13)10(14)4-8/h2-6H,1H3,(H3,15,16,17). The lowest BCUT2D eigenvalue weighted by Gasteiger charge is -2.08. The highest BCUT2D eigenvalue weighted by molar-refractivity contribution is 6.42. The fraction of sp³-hybridized carbons (Fsp3) is 0.0833. The second-order valence-electron chi connectivity index (χ2n) is 3.68. The monoisotopic (exact) mass is 267 g/mol. The fourth-order valence-corrected chi connectivity index (χ4v) is 1.63. The molecule has 0 aliphatic rings. The van der Waals surface area contributed by atoms with Crippen LogP contribution >= 0.6 is 23.2 Å². The van der Waals surface area contributed by atoms with Crippen LogP contribution in [0.3, 0.4) is 0 Å². The number of nitrogens with zero attached hydrogens (tertiary/aromatic N) is 1. The van der Waals surface area contributed by atoms with E-state index in [9.17, 15) is 0 Å². The molecule has 0 spiro atoms. The van der Waals surface area contributed by atoms with E-state index in [2.05, 4.69) is 10.3 Å². The van der Waals surface area contributed by atoms with Crippen molar-refractivity contribution in [1.29, 1.82) is 0 Å². The molecule has 1 aromatic carbocycles. The second kappa shape index (κ2) is 4.82. The van der Waals surface area contributed by atoms with Crippen molar-refractivity contribution in [2.75, 3.05) is 11.1 Å². The Morgan fingerprint density at radius 3 is 2.59 bits per heavy atom. The highest BCUT2D eigenvalue weighted by Gasteiger charge is 2.02. The maximum atomic E-state index is 5.92. The first-order chi connectivity index (χ1) is 8.06. The van der Waals surface area contributed by atoms with Crippen LogP contribution in [-0.4, -0.2) is 4.98 Å². The molecule has 0 saturated carbocycles.